The first-order valence-corrected chi connectivity index (χ1v) is 8.36. The number of benzene rings is 1. The zero-order chi connectivity index (χ0) is 18.2. The van der Waals surface area contributed by atoms with Crippen molar-refractivity contribution in [3.05, 3.63) is 42.1 Å². The molecule has 6 heteroatoms. The molecule has 0 aliphatic carbocycles. The van der Waals surface area contributed by atoms with E-state index in [-0.39, 0.29) is 11.4 Å². The fourth-order valence-corrected chi connectivity index (χ4v) is 3.01. The maximum Gasteiger partial charge on any atom is 0.414 e. The number of fused-ring (bicyclic) bond motifs is 1. The van der Waals surface area contributed by atoms with Gasteiger partial charge in [0.15, 0.2) is 0 Å². The Balaban J connectivity index is 1.85. The van der Waals surface area contributed by atoms with Gasteiger partial charge in [0.1, 0.15) is 11.4 Å². The Kier molecular flexibility index (Phi) is 4.14. The van der Waals surface area contributed by atoms with Gasteiger partial charge in [-0.25, -0.2) is 9.78 Å². The molecule has 6 nitrogen and oxygen atoms in total. The Hall–Kier alpha value is -2.63. The lowest BCUT2D eigenvalue weighted by Gasteiger charge is -2.22. The van der Waals surface area contributed by atoms with Gasteiger partial charge in [0, 0.05) is 23.8 Å². The molecule has 0 bridgehead atoms. The molecule has 0 fully saturated rings. The van der Waals surface area contributed by atoms with Crippen LogP contribution in [0.25, 0.3) is 0 Å². The summed E-state index contributed by atoms with van der Waals surface area (Å²) < 4.78 is 5.25. The van der Waals surface area contributed by atoms with Gasteiger partial charge < -0.3 is 9.64 Å². The van der Waals surface area contributed by atoms with E-state index < -0.39 is 11.7 Å². The fourth-order valence-electron chi connectivity index (χ4n) is 3.01. The molecule has 0 atom stereocenters. The molecule has 0 saturated heterocycles. The average Bonchev–Trinajstić information content (AvgIpc) is 2.78. The van der Waals surface area contributed by atoms with Crippen LogP contribution in [0.1, 0.15) is 40.2 Å². The molecule has 1 aliphatic rings. The van der Waals surface area contributed by atoms with Crippen molar-refractivity contribution in [3.8, 4) is 0 Å². The Bertz CT molecular complexity index is 796. The summed E-state index contributed by atoms with van der Waals surface area (Å²) in [5.41, 5.74) is 1.88. The third kappa shape index (κ3) is 3.73. The summed E-state index contributed by atoms with van der Waals surface area (Å²) in [7, 11) is 0. The van der Waals surface area contributed by atoms with Crippen LogP contribution in [-0.2, 0) is 10.2 Å². The third-order valence-electron chi connectivity index (χ3n) is 4.01. The highest BCUT2D eigenvalue weighted by Gasteiger charge is 2.36. The summed E-state index contributed by atoms with van der Waals surface area (Å²) in [4.78, 5) is 22.7. The molecule has 2 aromatic rings. The summed E-state index contributed by atoms with van der Waals surface area (Å²) in [5, 5.41) is 2.60. The molecule has 25 heavy (non-hydrogen) atoms. The van der Waals surface area contributed by atoms with Gasteiger partial charge in [0.2, 0.25) is 5.95 Å². The van der Waals surface area contributed by atoms with Crippen LogP contribution in [0.15, 0.2) is 36.5 Å². The summed E-state index contributed by atoms with van der Waals surface area (Å²) in [6.07, 6.45) is 1.08. The number of ether oxygens (including phenoxy) is 1. The number of nitrogens with zero attached hydrogens (tertiary/aromatic N) is 3. The second-order valence-electron chi connectivity index (χ2n) is 7.85. The molecule has 0 saturated carbocycles. The smallest absolute Gasteiger partial charge is 0.414 e. The Morgan fingerprint density at radius 1 is 1.24 bits per heavy atom. The number of aromatic nitrogens is 2. The summed E-state index contributed by atoms with van der Waals surface area (Å²) in [5.74, 6) is 0.980. The summed E-state index contributed by atoms with van der Waals surface area (Å²) in [6.45, 7) is 10.7. The first kappa shape index (κ1) is 17.2. The van der Waals surface area contributed by atoms with Crippen LogP contribution in [0, 0.1) is 0 Å². The van der Waals surface area contributed by atoms with Crippen molar-refractivity contribution in [1.29, 1.82) is 0 Å². The number of para-hydroxylation sites is 1. The van der Waals surface area contributed by atoms with Crippen molar-refractivity contribution >= 4 is 23.5 Å². The van der Waals surface area contributed by atoms with Crippen LogP contribution in [0.3, 0.4) is 0 Å². The zero-order valence-corrected chi connectivity index (χ0v) is 15.3. The number of hydrogen-bond acceptors (Lipinski definition) is 5. The molecule has 0 spiro atoms. The van der Waals surface area contributed by atoms with Gasteiger partial charge >= 0.3 is 6.09 Å². The predicted octanol–water partition coefficient (Wildman–Crippen LogP) is 4.25. The third-order valence-corrected chi connectivity index (χ3v) is 4.01. The summed E-state index contributed by atoms with van der Waals surface area (Å²) >= 11 is 0. The molecular formula is C19H24N4O2. The molecule has 0 radical (unpaired) electrons. The largest absolute Gasteiger partial charge is 0.444 e. The molecule has 1 aromatic heterocycles. The molecule has 1 aliphatic heterocycles. The first-order chi connectivity index (χ1) is 11.7. The molecule has 132 valence electrons. The van der Waals surface area contributed by atoms with Gasteiger partial charge in [-0.1, -0.05) is 32.0 Å². The van der Waals surface area contributed by atoms with E-state index in [0.29, 0.717) is 0 Å². The second-order valence-corrected chi connectivity index (χ2v) is 7.85. The van der Waals surface area contributed by atoms with Crippen molar-refractivity contribution in [3.63, 3.8) is 0 Å². The molecule has 2 heterocycles. The van der Waals surface area contributed by atoms with E-state index in [1.807, 2.05) is 32.9 Å². The van der Waals surface area contributed by atoms with Gasteiger partial charge in [-0.2, -0.15) is 4.98 Å². The van der Waals surface area contributed by atoms with E-state index in [0.717, 1.165) is 18.1 Å². The van der Waals surface area contributed by atoms with E-state index in [4.69, 9.17) is 4.74 Å². The lowest BCUT2D eigenvalue weighted by molar-refractivity contribution is 0.0634. The number of rotatable bonds is 2. The van der Waals surface area contributed by atoms with E-state index >= 15 is 0 Å². The normalized spacial score (nSPS) is 15.6. The zero-order valence-electron chi connectivity index (χ0n) is 15.3. The average molecular weight is 340 g/mol. The van der Waals surface area contributed by atoms with E-state index in [1.165, 1.54) is 5.56 Å². The number of carbonyl (C=O) groups is 1. The number of amides is 1. The second kappa shape index (κ2) is 6.02. The van der Waals surface area contributed by atoms with Crippen LogP contribution in [0.4, 0.5) is 22.2 Å². The van der Waals surface area contributed by atoms with Gasteiger partial charge in [0.25, 0.3) is 0 Å². The lowest BCUT2D eigenvalue weighted by Crippen LogP contribution is -2.28. The fraction of sp³-hybridized carbons (Fsp3) is 0.421. The molecule has 1 amide bonds. The first-order valence-electron chi connectivity index (χ1n) is 8.36. The Morgan fingerprint density at radius 2 is 1.96 bits per heavy atom. The number of nitrogens with one attached hydrogen (secondary N) is 1. The van der Waals surface area contributed by atoms with E-state index in [2.05, 4.69) is 52.2 Å². The highest BCUT2D eigenvalue weighted by atomic mass is 16.6. The standard InChI is InChI=1S/C19H24N4O2/c1-18(2,3)25-17(24)22-16-20-11-10-15(21-16)23-12-19(4,5)13-8-6-7-9-14(13)23/h6-11H,12H2,1-5H3,(H,20,21,22,24). The highest BCUT2D eigenvalue weighted by Crippen LogP contribution is 2.43. The number of anilines is 3. The van der Waals surface area contributed by atoms with Crippen LogP contribution in [-0.4, -0.2) is 28.2 Å². The molecule has 0 unspecified atom stereocenters. The number of hydrogen-bond donors (Lipinski definition) is 1. The molecular weight excluding hydrogens is 316 g/mol. The minimum absolute atomic E-state index is 0.0281. The van der Waals surface area contributed by atoms with Crippen LogP contribution >= 0.6 is 0 Å². The topological polar surface area (TPSA) is 67.3 Å². The Morgan fingerprint density at radius 3 is 2.68 bits per heavy atom. The molecule has 3 rings (SSSR count). The van der Waals surface area contributed by atoms with Crippen molar-refractivity contribution < 1.29 is 9.53 Å². The van der Waals surface area contributed by atoms with Gasteiger partial charge in [-0.3, -0.25) is 5.32 Å². The van der Waals surface area contributed by atoms with E-state index in [9.17, 15) is 4.79 Å². The lowest BCUT2D eigenvalue weighted by atomic mass is 9.87. The Labute approximate surface area is 148 Å². The van der Waals surface area contributed by atoms with Crippen molar-refractivity contribution in [2.75, 3.05) is 16.8 Å². The van der Waals surface area contributed by atoms with Gasteiger partial charge in [-0.15, -0.1) is 0 Å². The number of carbonyl (C=O) groups excluding carboxylic acids is 1. The molecule has 1 N–H and O–H groups in total. The SMILES string of the molecule is CC(C)(C)OC(=O)Nc1nccc(N2CC(C)(C)c3ccccc32)n1. The monoisotopic (exact) mass is 340 g/mol. The quantitative estimate of drug-likeness (QED) is 0.885. The predicted molar refractivity (Wildman–Crippen MR) is 98.4 cm³/mol. The van der Waals surface area contributed by atoms with Gasteiger partial charge in [0.05, 0.1) is 0 Å². The highest BCUT2D eigenvalue weighted by molar-refractivity contribution is 5.83. The van der Waals surface area contributed by atoms with Gasteiger partial charge in [-0.05, 0) is 38.5 Å². The molecule has 1 aromatic carbocycles. The van der Waals surface area contributed by atoms with Crippen LogP contribution in [0.5, 0.6) is 0 Å². The van der Waals surface area contributed by atoms with E-state index in [1.54, 1.807) is 6.20 Å². The van der Waals surface area contributed by atoms with Crippen molar-refractivity contribution in [2.45, 2.75) is 45.6 Å². The maximum atomic E-state index is 11.9. The maximum absolute atomic E-state index is 11.9. The summed E-state index contributed by atoms with van der Waals surface area (Å²) in [6, 6.07) is 10.2. The van der Waals surface area contributed by atoms with Crippen molar-refractivity contribution in [1.82, 2.24) is 9.97 Å². The minimum Gasteiger partial charge on any atom is -0.444 e. The van der Waals surface area contributed by atoms with Crippen molar-refractivity contribution in [2.24, 2.45) is 0 Å². The minimum atomic E-state index is -0.570. The van der Waals surface area contributed by atoms with Crippen LogP contribution in [0.2, 0.25) is 0 Å². The van der Waals surface area contributed by atoms with Crippen LogP contribution < -0.4 is 10.2 Å².